The van der Waals surface area contributed by atoms with Gasteiger partial charge < -0.3 is 26.2 Å². The second-order valence-corrected chi connectivity index (χ2v) is 10.5. The third-order valence-electron chi connectivity index (χ3n) is 6.65. The SMILES string of the molecule is Cc1ccc(NC(=O)NC(C)c2cc(NC(=O)N(C)C)cc(NC3=CC(=O)N(C4CCC(=O)NC4=O)C3=O)c2)cc1Cl. The number of anilines is 3. The first-order valence-corrected chi connectivity index (χ1v) is 13.4. The smallest absolute Gasteiger partial charge is 0.321 e. The zero-order valence-corrected chi connectivity index (χ0v) is 24.1. The van der Waals surface area contributed by atoms with Gasteiger partial charge in [0.05, 0.1) is 6.04 Å². The predicted octanol–water partition coefficient (Wildman–Crippen LogP) is 3.09. The van der Waals surface area contributed by atoms with Gasteiger partial charge in [0.15, 0.2) is 0 Å². The number of halogens is 1. The Bertz CT molecular complexity index is 1520. The van der Waals surface area contributed by atoms with Crippen LogP contribution >= 0.6 is 11.6 Å². The molecule has 42 heavy (non-hydrogen) atoms. The van der Waals surface area contributed by atoms with Crippen LogP contribution in [0.1, 0.15) is 36.9 Å². The molecule has 14 heteroatoms. The first-order valence-electron chi connectivity index (χ1n) is 13.0. The van der Waals surface area contributed by atoms with Gasteiger partial charge in [0, 0.05) is 48.7 Å². The Labute approximate surface area is 246 Å². The van der Waals surface area contributed by atoms with Crippen LogP contribution in [0, 0.1) is 6.92 Å². The second-order valence-electron chi connectivity index (χ2n) is 10.1. The fraction of sp³-hybridized carbons (Fsp3) is 0.286. The van der Waals surface area contributed by atoms with Crippen LogP contribution in [0.3, 0.4) is 0 Å². The van der Waals surface area contributed by atoms with E-state index in [0.717, 1.165) is 16.5 Å². The standard InChI is InChI=1S/C28H30ClN7O6/c1-14-5-6-17(12-20(14)29)32-27(41)30-15(2)16-9-18(11-19(10-16)33-28(42)35(3)4)31-21-13-24(38)36(26(21)40)22-7-8-23(37)34-25(22)39/h5-6,9-13,15,22,31H,7-8H2,1-4H3,(H,33,42)(H2,30,32,41)(H,34,37,39). The molecule has 0 aromatic heterocycles. The minimum absolute atomic E-state index is 0.00260. The number of imide groups is 2. The Morgan fingerprint density at radius 1 is 1.02 bits per heavy atom. The molecule has 2 aromatic carbocycles. The van der Waals surface area contributed by atoms with E-state index in [1.54, 1.807) is 57.4 Å². The molecule has 0 spiro atoms. The van der Waals surface area contributed by atoms with Gasteiger partial charge in [0.1, 0.15) is 11.7 Å². The molecule has 0 radical (unpaired) electrons. The number of aryl methyl sites for hydroxylation is 1. The van der Waals surface area contributed by atoms with Crippen molar-refractivity contribution in [2.45, 2.75) is 38.8 Å². The first-order chi connectivity index (χ1) is 19.8. The predicted molar refractivity (Wildman–Crippen MR) is 156 cm³/mol. The Balaban J connectivity index is 1.54. The minimum atomic E-state index is -1.11. The van der Waals surface area contributed by atoms with Gasteiger partial charge in [-0.25, -0.2) is 9.59 Å². The number of carbonyl (C=O) groups is 6. The number of nitrogens with one attached hydrogen (secondary N) is 5. The molecule has 220 valence electrons. The van der Waals surface area contributed by atoms with E-state index >= 15 is 0 Å². The molecular formula is C28H30ClN7O6. The van der Waals surface area contributed by atoms with Crippen molar-refractivity contribution in [1.29, 1.82) is 0 Å². The number of amides is 8. The van der Waals surface area contributed by atoms with Crippen LogP contribution in [-0.4, -0.2) is 65.6 Å². The first kappa shape index (κ1) is 30.1. The Morgan fingerprint density at radius 2 is 1.74 bits per heavy atom. The molecule has 2 heterocycles. The van der Waals surface area contributed by atoms with E-state index < -0.39 is 47.8 Å². The topological polar surface area (TPSA) is 169 Å². The van der Waals surface area contributed by atoms with Gasteiger partial charge in [-0.05, 0) is 61.7 Å². The fourth-order valence-electron chi connectivity index (χ4n) is 4.35. The number of benzene rings is 2. The molecule has 2 atom stereocenters. The lowest BCUT2D eigenvalue weighted by Crippen LogP contribution is -2.54. The van der Waals surface area contributed by atoms with Crippen molar-refractivity contribution in [1.82, 2.24) is 20.4 Å². The highest BCUT2D eigenvalue weighted by molar-refractivity contribution is 6.31. The minimum Gasteiger partial charge on any atom is -0.351 e. The average molecular weight is 596 g/mol. The quantitative estimate of drug-likeness (QED) is 0.306. The molecule has 13 nitrogen and oxygen atoms in total. The average Bonchev–Trinajstić information content (AvgIpc) is 3.18. The summed E-state index contributed by atoms with van der Waals surface area (Å²) in [6, 6.07) is 7.40. The summed E-state index contributed by atoms with van der Waals surface area (Å²) in [5, 5.41) is 13.8. The monoisotopic (exact) mass is 595 g/mol. The Kier molecular flexibility index (Phi) is 8.81. The number of piperidine rings is 1. The molecule has 0 saturated carbocycles. The van der Waals surface area contributed by atoms with Crippen LogP contribution in [0.25, 0.3) is 0 Å². The third kappa shape index (κ3) is 6.86. The van der Waals surface area contributed by atoms with Gasteiger partial charge in [-0.2, -0.15) is 0 Å². The van der Waals surface area contributed by atoms with Crippen molar-refractivity contribution < 1.29 is 28.8 Å². The number of urea groups is 2. The van der Waals surface area contributed by atoms with Crippen molar-refractivity contribution in [3.8, 4) is 0 Å². The van der Waals surface area contributed by atoms with Gasteiger partial charge in [-0.15, -0.1) is 0 Å². The van der Waals surface area contributed by atoms with Crippen LogP contribution < -0.4 is 26.6 Å². The maximum atomic E-state index is 13.1. The van der Waals surface area contributed by atoms with Gasteiger partial charge in [-0.1, -0.05) is 17.7 Å². The van der Waals surface area contributed by atoms with Gasteiger partial charge in [-0.3, -0.25) is 29.4 Å². The molecule has 5 N–H and O–H groups in total. The summed E-state index contributed by atoms with van der Waals surface area (Å²) < 4.78 is 0. The van der Waals surface area contributed by atoms with Crippen LogP contribution in [-0.2, 0) is 19.2 Å². The zero-order valence-electron chi connectivity index (χ0n) is 23.3. The van der Waals surface area contributed by atoms with E-state index in [1.165, 1.54) is 4.90 Å². The van der Waals surface area contributed by atoms with Crippen LogP contribution in [0.4, 0.5) is 26.7 Å². The van der Waals surface area contributed by atoms with Crippen LogP contribution in [0.2, 0.25) is 5.02 Å². The van der Waals surface area contributed by atoms with Gasteiger partial charge >= 0.3 is 12.1 Å². The molecule has 0 aliphatic carbocycles. The summed E-state index contributed by atoms with van der Waals surface area (Å²) in [7, 11) is 3.14. The maximum Gasteiger partial charge on any atom is 0.321 e. The fourth-order valence-corrected chi connectivity index (χ4v) is 4.53. The third-order valence-corrected chi connectivity index (χ3v) is 7.05. The summed E-state index contributed by atoms with van der Waals surface area (Å²) in [4.78, 5) is 76.9. The molecule has 2 aromatic rings. The molecular weight excluding hydrogens is 566 g/mol. The Morgan fingerprint density at radius 3 is 2.40 bits per heavy atom. The lowest BCUT2D eigenvalue weighted by atomic mass is 10.0. The Hall–Kier alpha value is -4.91. The molecule has 1 saturated heterocycles. The lowest BCUT2D eigenvalue weighted by molar-refractivity contribution is -0.149. The highest BCUT2D eigenvalue weighted by atomic mass is 35.5. The van der Waals surface area contributed by atoms with Crippen LogP contribution in [0.15, 0.2) is 48.2 Å². The number of hydrogen-bond acceptors (Lipinski definition) is 7. The summed E-state index contributed by atoms with van der Waals surface area (Å²) in [5.41, 5.74) is 2.52. The highest BCUT2D eigenvalue weighted by Crippen LogP contribution is 2.28. The summed E-state index contributed by atoms with van der Waals surface area (Å²) >= 11 is 6.15. The summed E-state index contributed by atoms with van der Waals surface area (Å²) in [6.45, 7) is 3.58. The van der Waals surface area contributed by atoms with E-state index in [9.17, 15) is 28.8 Å². The molecule has 1 fully saturated rings. The van der Waals surface area contributed by atoms with Crippen molar-refractivity contribution in [3.63, 3.8) is 0 Å². The molecule has 8 amide bonds. The van der Waals surface area contributed by atoms with Crippen molar-refractivity contribution >= 4 is 64.4 Å². The zero-order chi connectivity index (χ0) is 30.7. The normalized spacial score (nSPS) is 17.3. The van der Waals surface area contributed by atoms with E-state index in [0.29, 0.717) is 27.6 Å². The molecule has 4 rings (SSSR count). The molecule has 2 aliphatic rings. The second kappa shape index (κ2) is 12.3. The number of nitrogens with zero attached hydrogens (tertiary/aromatic N) is 2. The molecule has 2 aliphatic heterocycles. The lowest BCUT2D eigenvalue weighted by Gasteiger charge is -2.28. The molecule has 2 unspecified atom stereocenters. The number of hydrogen-bond donors (Lipinski definition) is 5. The van der Waals surface area contributed by atoms with E-state index in [4.69, 9.17) is 11.6 Å². The van der Waals surface area contributed by atoms with Crippen LogP contribution in [0.5, 0.6) is 0 Å². The molecule has 0 bridgehead atoms. The van der Waals surface area contributed by atoms with Gasteiger partial charge in [0.25, 0.3) is 11.8 Å². The van der Waals surface area contributed by atoms with E-state index in [-0.39, 0.29) is 18.5 Å². The number of carbonyl (C=O) groups excluding carboxylic acids is 6. The van der Waals surface area contributed by atoms with E-state index in [1.807, 2.05) is 6.92 Å². The summed E-state index contributed by atoms with van der Waals surface area (Å²) in [5.74, 6) is -2.62. The van der Waals surface area contributed by atoms with Crippen molar-refractivity contribution in [2.75, 3.05) is 30.0 Å². The van der Waals surface area contributed by atoms with Gasteiger partial charge in [0.2, 0.25) is 11.8 Å². The number of rotatable bonds is 7. The van der Waals surface area contributed by atoms with Crippen molar-refractivity contribution in [3.05, 3.63) is 64.3 Å². The van der Waals surface area contributed by atoms with Crippen molar-refractivity contribution in [2.24, 2.45) is 0 Å². The maximum absolute atomic E-state index is 13.1. The highest BCUT2D eigenvalue weighted by Gasteiger charge is 2.42. The largest absolute Gasteiger partial charge is 0.351 e. The van der Waals surface area contributed by atoms with E-state index in [2.05, 4.69) is 26.6 Å². The summed E-state index contributed by atoms with van der Waals surface area (Å²) in [6.07, 6.45) is 1.10.